The summed E-state index contributed by atoms with van der Waals surface area (Å²) in [6.07, 6.45) is 5.79. The van der Waals surface area contributed by atoms with Crippen LogP contribution in [-0.4, -0.2) is 102 Å². The third-order valence-electron chi connectivity index (χ3n) is 10.1. The molecule has 3 aliphatic heterocycles. The molecule has 1 aromatic carbocycles. The minimum atomic E-state index is -1.21. The molecule has 0 radical (unpaired) electrons. The Morgan fingerprint density at radius 1 is 1.16 bits per heavy atom. The second-order valence-electron chi connectivity index (χ2n) is 12.7. The molecule has 44 heavy (non-hydrogen) atoms. The summed E-state index contributed by atoms with van der Waals surface area (Å²) in [5.41, 5.74) is -0.631. The molecule has 1 aromatic heterocycles. The zero-order valence-corrected chi connectivity index (χ0v) is 26.4. The van der Waals surface area contributed by atoms with E-state index in [9.17, 15) is 19.5 Å². The first-order valence-corrected chi connectivity index (χ1v) is 15.8. The zero-order valence-electron chi connectivity index (χ0n) is 26.4. The van der Waals surface area contributed by atoms with E-state index in [4.69, 9.17) is 4.74 Å². The number of nitrogens with zero attached hydrogens (tertiary/aromatic N) is 6. The molecule has 1 spiro atoms. The predicted molar refractivity (Wildman–Crippen MR) is 166 cm³/mol. The van der Waals surface area contributed by atoms with Gasteiger partial charge in [-0.1, -0.05) is 56.7 Å². The Hall–Kier alpha value is -3.57. The number of hydrogen-bond acceptors (Lipinski definition) is 7. The fraction of sp³-hybridized carbons (Fsp3) is 0.606. The summed E-state index contributed by atoms with van der Waals surface area (Å²) < 4.78 is 8.52. The van der Waals surface area contributed by atoms with Crippen molar-refractivity contribution >= 4 is 28.8 Å². The largest absolute Gasteiger partial charge is 0.394 e. The highest BCUT2D eigenvalue weighted by Gasteiger charge is 2.79. The topological polar surface area (TPSA) is 121 Å². The molecular weight excluding hydrogens is 560 g/mol. The number of amides is 3. The first kappa shape index (κ1) is 31.8. The minimum Gasteiger partial charge on any atom is -0.394 e. The molecule has 3 aliphatic rings. The lowest BCUT2D eigenvalue weighted by atomic mass is 9.66. The van der Waals surface area contributed by atoms with Crippen LogP contribution in [0.25, 0.3) is 11.0 Å². The number of aliphatic hydroxyl groups excluding tert-OH is 1. The Kier molecular flexibility index (Phi) is 9.00. The van der Waals surface area contributed by atoms with Crippen molar-refractivity contribution in [3.05, 3.63) is 49.6 Å². The third-order valence-corrected chi connectivity index (χ3v) is 10.1. The number of rotatable bonds is 14. The number of likely N-dealkylation sites (tertiary alicyclic amines) is 1. The molecule has 0 saturated carbocycles. The van der Waals surface area contributed by atoms with Gasteiger partial charge in [0.2, 0.25) is 17.7 Å². The zero-order chi connectivity index (χ0) is 31.8. The van der Waals surface area contributed by atoms with Gasteiger partial charge in [0.15, 0.2) is 0 Å². The summed E-state index contributed by atoms with van der Waals surface area (Å²) in [7, 11) is 0. The van der Waals surface area contributed by atoms with Crippen LogP contribution in [0.3, 0.4) is 0 Å². The van der Waals surface area contributed by atoms with Gasteiger partial charge in [0.1, 0.15) is 23.8 Å². The van der Waals surface area contributed by atoms with Crippen LogP contribution in [0.4, 0.5) is 0 Å². The molecular formula is C33H46N6O5. The maximum atomic E-state index is 14.9. The van der Waals surface area contributed by atoms with Crippen LogP contribution in [0.2, 0.25) is 0 Å². The van der Waals surface area contributed by atoms with Crippen LogP contribution in [0.15, 0.2) is 49.6 Å². The lowest BCUT2D eigenvalue weighted by molar-refractivity contribution is -0.158. The van der Waals surface area contributed by atoms with Gasteiger partial charge in [0.05, 0.1) is 35.6 Å². The smallest absolute Gasteiger partial charge is 0.250 e. The van der Waals surface area contributed by atoms with Crippen molar-refractivity contribution in [3.63, 3.8) is 0 Å². The van der Waals surface area contributed by atoms with Crippen molar-refractivity contribution in [1.29, 1.82) is 0 Å². The third kappa shape index (κ3) is 4.94. The molecule has 11 heteroatoms. The quantitative estimate of drug-likeness (QED) is 0.328. The van der Waals surface area contributed by atoms with Gasteiger partial charge in [-0.25, -0.2) is 4.68 Å². The number of para-hydroxylation sites is 1. The van der Waals surface area contributed by atoms with Crippen LogP contribution in [-0.2, 0) is 25.8 Å². The van der Waals surface area contributed by atoms with Gasteiger partial charge < -0.3 is 24.5 Å². The molecule has 2 unspecified atom stereocenters. The number of aliphatic hydroxyl groups is 1. The fourth-order valence-electron chi connectivity index (χ4n) is 7.83. The molecule has 238 valence electrons. The molecule has 4 heterocycles. The lowest BCUT2D eigenvalue weighted by Gasteiger charge is -2.41. The number of aromatic nitrogens is 3. The highest BCUT2D eigenvalue weighted by atomic mass is 16.5. The summed E-state index contributed by atoms with van der Waals surface area (Å²) in [6.45, 7) is 16.5. The highest BCUT2D eigenvalue weighted by molar-refractivity contribution is 5.99. The Bertz CT molecular complexity index is 1430. The van der Waals surface area contributed by atoms with E-state index >= 15 is 0 Å². The highest BCUT2D eigenvalue weighted by Crippen LogP contribution is 2.64. The number of hydrogen-bond donors (Lipinski definition) is 1. The number of carbonyl (C=O) groups excluding carboxylic acids is 3. The van der Waals surface area contributed by atoms with E-state index < -0.39 is 35.1 Å². The summed E-state index contributed by atoms with van der Waals surface area (Å²) in [6, 6.07) is 5.86. The summed E-state index contributed by atoms with van der Waals surface area (Å²) in [5.74, 6) is -2.47. The first-order valence-electron chi connectivity index (χ1n) is 15.8. The fourth-order valence-corrected chi connectivity index (χ4v) is 7.83. The summed E-state index contributed by atoms with van der Waals surface area (Å²) >= 11 is 0. The van der Waals surface area contributed by atoms with E-state index in [-0.39, 0.29) is 43.5 Å². The van der Waals surface area contributed by atoms with Crippen LogP contribution >= 0.6 is 0 Å². The van der Waals surface area contributed by atoms with Gasteiger partial charge in [0.25, 0.3) is 0 Å². The molecule has 3 fully saturated rings. The van der Waals surface area contributed by atoms with Crippen molar-refractivity contribution in [2.75, 3.05) is 26.2 Å². The van der Waals surface area contributed by atoms with Gasteiger partial charge in [-0.05, 0) is 44.2 Å². The van der Waals surface area contributed by atoms with Crippen LogP contribution in [0.1, 0.15) is 53.4 Å². The monoisotopic (exact) mass is 606 g/mol. The molecule has 7 atom stereocenters. The number of benzene rings is 1. The molecule has 2 aromatic rings. The normalized spacial score (nSPS) is 28.6. The Labute approximate surface area is 259 Å². The van der Waals surface area contributed by atoms with Crippen LogP contribution < -0.4 is 0 Å². The van der Waals surface area contributed by atoms with Crippen LogP contribution in [0, 0.1) is 17.8 Å². The van der Waals surface area contributed by atoms with E-state index in [1.54, 1.807) is 31.5 Å². The Balaban J connectivity index is 1.60. The van der Waals surface area contributed by atoms with Gasteiger partial charge in [-0.2, -0.15) is 0 Å². The van der Waals surface area contributed by atoms with E-state index in [1.165, 1.54) is 0 Å². The van der Waals surface area contributed by atoms with Gasteiger partial charge in [-0.3, -0.25) is 14.4 Å². The SMILES string of the molecule is C=CCN(Cn1nnc2ccccc21)C(=O)C1N([C@@H](CO)[C@@H](C)CC)C(=O)[C@@H]2[C@@H](C(=O)N(CC=C)CCC)[C@@]3(C)CCC12O3. The first-order chi connectivity index (χ1) is 21.1. The average Bonchev–Trinajstić information content (AvgIpc) is 3.72. The number of ether oxygens (including phenoxy) is 1. The van der Waals surface area contributed by atoms with E-state index in [2.05, 4.69) is 23.5 Å². The molecule has 1 N–H and O–H groups in total. The maximum absolute atomic E-state index is 14.9. The molecule has 3 saturated heterocycles. The molecule has 0 aliphatic carbocycles. The average molecular weight is 607 g/mol. The minimum absolute atomic E-state index is 0.0843. The second-order valence-corrected chi connectivity index (χ2v) is 12.7. The maximum Gasteiger partial charge on any atom is 0.250 e. The standard InChI is InChI=1S/C33H46N6O5/c1-7-17-36(18-8-2)29(41)26-27-30(42)39(25(20-40)22(5)10-4)28(33(27)16-15-32(26,6)44-33)31(43)37(19-9-3)21-38-24-14-12-11-13-23(24)34-35-38/h7,9,11-14,22,25-28,40H,1,3,8,10,15-21H2,2,4-6H3/t22-,25-,26-,27-,28?,32+,33?/m0/s1. The molecule has 11 nitrogen and oxygen atoms in total. The van der Waals surface area contributed by atoms with Gasteiger partial charge in [0, 0.05) is 19.6 Å². The lowest BCUT2D eigenvalue weighted by Crippen LogP contribution is -2.60. The second kappa shape index (κ2) is 12.4. The van der Waals surface area contributed by atoms with Crippen molar-refractivity contribution < 1.29 is 24.2 Å². The predicted octanol–water partition coefficient (Wildman–Crippen LogP) is 3.00. The summed E-state index contributed by atoms with van der Waals surface area (Å²) in [4.78, 5) is 48.7. The number of carbonyl (C=O) groups is 3. The van der Waals surface area contributed by atoms with Gasteiger partial charge >= 0.3 is 0 Å². The Morgan fingerprint density at radius 2 is 1.86 bits per heavy atom. The molecule has 3 amide bonds. The van der Waals surface area contributed by atoms with Crippen molar-refractivity contribution in [1.82, 2.24) is 29.7 Å². The van der Waals surface area contributed by atoms with Crippen molar-refractivity contribution in [2.24, 2.45) is 17.8 Å². The Morgan fingerprint density at radius 3 is 2.52 bits per heavy atom. The van der Waals surface area contributed by atoms with E-state index in [0.717, 1.165) is 11.9 Å². The van der Waals surface area contributed by atoms with Crippen LogP contribution in [0.5, 0.6) is 0 Å². The van der Waals surface area contributed by atoms with E-state index in [0.29, 0.717) is 37.9 Å². The van der Waals surface area contributed by atoms with Crippen molar-refractivity contribution in [2.45, 2.75) is 83.3 Å². The molecule has 2 bridgehead atoms. The van der Waals surface area contributed by atoms with E-state index in [1.807, 2.05) is 52.0 Å². The summed E-state index contributed by atoms with van der Waals surface area (Å²) in [5, 5.41) is 19.2. The van der Waals surface area contributed by atoms with Crippen molar-refractivity contribution in [3.8, 4) is 0 Å². The number of fused-ring (bicyclic) bond motifs is 2. The van der Waals surface area contributed by atoms with Gasteiger partial charge in [-0.15, -0.1) is 18.3 Å². The molecule has 5 rings (SSSR count).